The molecule has 2 saturated carbocycles. The molecule has 0 N–H and O–H groups in total. The lowest BCUT2D eigenvalue weighted by atomic mass is 9.88. The second-order valence-electron chi connectivity index (χ2n) is 23.6. The third kappa shape index (κ3) is 15.9. The summed E-state index contributed by atoms with van der Waals surface area (Å²) in [7, 11) is 0. The number of nitrogens with zero attached hydrogens (tertiary/aromatic N) is 12. The van der Waals surface area contributed by atoms with E-state index in [9.17, 15) is 46.3 Å². The van der Waals surface area contributed by atoms with E-state index in [0.29, 0.717) is 74.9 Å². The van der Waals surface area contributed by atoms with E-state index in [4.69, 9.17) is 14.3 Å². The standard InChI is InChI=1S/C29H25F2N3O5.C15H17NO5.C14H8F2N4.C14H10N4.2H2/c30-23-7-3-1-5-20(23)27-18-11-9-16-17(22(16)15-38-29(37)39-34-25(35)13-14-26(34)36)10-12-19(18)28(33-32-27)21-6-2-4-8-24(21)31;17-13-7-8-14(18)16(13)21-15(19)20-9-12-10-5-3-1-2-4-6-11(10)12;15-11-7-3-1-5-9(11)13-17-19-14(20-18-13)10-6-2-4-8-12(10)16;1-3-7-11(8-4-1)13-15-17-14(18-16-13)12-9-5-2-6-10-12;;/h1-8,16-17,22H,9-15H2;10-12H,3-9H2;1-8H;1-10H;2*1H. The average Bonchev–Trinajstić information content (AvgIpc) is 1.55. The number of carbonyl (C=O) groups excluding carboxylic acids is 6. The number of carbonyl (C=O) groups is 6. The molecular weight excluding hydrogens is 1270 g/mol. The van der Waals surface area contributed by atoms with Crippen molar-refractivity contribution in [3.63, 3.8) is 0 Å². The Labute approximate surface area is 561 Å². The molecule has 2 saturated heterocycles. The van der Waals surface area contributed by atoms with Crippen molar-refractivity contribution in [3.05, 3.63) is 192 Å². The zero-order chi connectivity index (χ0) is 68.1. The van der Waals surface area contributed by atoms with E-state index >= 15 is 0 Å². The second-order valence-corrected chi connectivity index (χ2v) is 23.6. The summed E-state index contributed by atoms with van der Waals surface area (Å²) in [5, 5.41) is 41.3. The predicted molar refractivity (Wildman–Crippen MR) is 345 cm³/mol. The first kappa shape index (κ1) is 66.4. The van der Waals surface area contributed by atoms with E-state index in [1.165, 1.54) is 36.4 Å². The normalized spacial score (nSPS) is 19.3. The molecule has 4 atom stereocenters. The van der Waals surface area contributed by atoms with Crippen LogP contribution in [0.5, 0.6) is 0 Å². The molecule has 6 aliphatic rings. The van der Waals surface area contributed by atoms with E-state index < -0.39 is 59.2 Å². The summed E-state index contributed by atoms with van der Waals surface area (Å²) in [6, 6.07) is 44.2. The molecule has 2 aliphatic heterocycles. The van der Waals surface area contributed by atoms with E-state index in [1.54, 1.807) is 60.7 Å². The van der Waals surface area contributed by atoms with Gasteiger partial charge < -0.3 is 9.47 Å². The molecule has 5 heterocycles. The highest BCUT2D eigenvalue weighted by atomic mass is 19.1. The number of hydroxylamine groups is 4. The minimum absolute atomic E-state index is 0. The van der Waals surface area contributed by atoms with Crippen LogP contribution in [0.25, 0.3) is 68.1 Å². The van der Waals surface area contributed by atoms with Gasteiger partial charge in [-0.2, -0.15) is 0 Å². The highest BCUT2D eigenvalue weighted by Crippen LogP contribution is 2.55. The van der Waals surface area contributed by atoms with Crippen LogP contribution in [0.1, 0.15) is 78.2 Å². The van der Waals surface area contributed by atoms with Crippen LogP contribution in [0, 0.1) is 70.6 Å². The fraction of sp³-hybridized carbons (Fsp3) is 0.278. The molecule has 500 valence electrons. The Morgan fingerprint density at radius 2 is 0.673 bits per heavy atom. The first-order valence-corrected chi connectivity index (χ1v) is 31.8. The number of halogens is 4. The number of aromatic nitrogens is 10. The van der Waals surface area contributed by atoms with Crippen LogP contribution in [0.3, 0.4) is 0 Å². The summed E-state index contributed by atoms with van der Waals surface area (Å²) in [6.07, 6.45) is 4.65. The maximum atomic E-state index is 14.8. The van der Waals surface area contributed by atoms with Crippen molar-refractivity contribution < 1.29 is 68.3 Å². The summed E-state index contributed by atoms with van der Waals surface area (Å²) < 4.78 is 67.0. The molecule has 4 fully saturated rings. The number of ether oxygens (including phenoxy) is 2. The predicted octanol–water partition coefficient (Wildman–Crippen LogP) is 12.7. The SMILES string of the molecule is Fc1ccccc1-c1nnc(-c2ccccc2F)nn1.O=C(OCC1C2CCC#CCCC21)ON1C(=O)CCC1=O.O=C(OCC1C2CCc3c(-c4ccccc4F)nnc(-c4ccccc4F)c3CCC21)ON1C(=O)CCC1=O.[HH].[HH].c1ccc(-c2nnc(-c3ccccc3)nn2)cc1. The molecule has 4 amide bonds. The van der Waals surface area contributed by atoms with Gasteiger partial charge in [-0.25, -0.2) is 27.2 Å². The number of amides is 4. The Morgan fingerprint density at radius 3 is 1.01 bits per heavy atom. The maximum absolute atomic E-state index is 14.8. The lowest BCUT2D eigenvalue weighted by Gasteiger charge is -2.20. The molecule has 6 aromatic carbocycles. The van der Waals surface area contributed by atoms with Gasteiger partial charge in [-0.3, -0.25) is 28.9 Å². The monoisotopic (exact) mass is 1330 g/mol. The van der Waals surface area contributed by atoms with Crippen LogP contribution in [0.2, 0.25) is 0 Å². The van der Waals surface area contributed by atoms with E-state index in [0.717, 1.165) is 60.8 Å². The topological polar surface area (TPSA) is 275 Å². The van der Waals surface area contributed by atoms with Gasteiger partial charge in [-0.1, -0.05) is 119 Å². The Hall–Kier alpha value is -11.6. The smallest absolute Gasteiger partial charge is 0.432 e. The van der Waals surface area contributed by atoms with Gasteiger partial charge in [0.25, 0.3) is 23.6 Å². The number of fused-ring (bicyclic) bond motifs is 3. The molecule has 15 rings (SSSR count). The maximum Gasteiger partial charge on any atom is 0.533 e. The number of benzene rings is 6. The van der Waals surface area contributed by atoms with Crippen LogP contribution >= 0.6 is 0 Å². The third-order valence-corrected chi connectivity index (χ3v) is 17.6. The zero-order valence-corrected chi connectivity index (χ0v) is 52.3. The van der Waals surface area contributed by atoms with Crippen molar-refractivity contribution >= 4 is 35.9 Å². The van der Waals surface area contributed by atoms with Crippen LogP contribution in [-0.2, 0) is 51.2 Å². The Morgan fingerprint density at radius 1 is 0.378 bits per heavy atom. The first-order valence-electron chi connectivity index (χ1n) is 31.8. The van der Waals surface area contributed by atoms with Crippen molar-refractivity contribution in [2.45, 2.75) is 77.0 Å². The number of rotatable bonds is 12. The molecule has 4 aliphatic carbocycles. The first-order chi connectivity index (χ1) is 47.8. The van der Waals surface area contributed by atoms with E-state index in [1.807, 2.05) is 60.7 Å². The van der Waals surface area contributed by atoms with Crippen molar-refractivity contribution in [2.24, 2.45) is 35.5 Å². The van der Waals surface area contributed by atoms with E-state index in [-0.39, 0.29) is 82.3 Å². The summed E-state index contributed by atoms with van der Waals surface area (Å²) >= 11 is 0. The Kier molecular flexibility index (Phi) is 20.9. The van der Waals surface area contributed by atoms with Gasteiger partial charge in [0.1, 0.15) is 23.3 Å². The minimum atomic E-state index is -1.08. The van der Waals surface area contributed by atoms with Gasteiger partial charge in [0.2, 0.25) is 23.3 Å². The fourth-order valence-electron chi connectivity index (χ4n) is 12.5. The summed E-state index contributed by atoms with van der Waals surface area (Å²) in [6.45, 7) is 0.377. The van der Waals surface area contributed by atoms with Gasteiger partial charge in [0.15, 0.2) is 0 Å². The molecule has 3 aromatic heterocycles. The Balaban J connectivity index is 0.000000152. The van der Waals surface area contributed by atoms with Crippen LogP contribution in [-0.4, -0.2) is 110 Å². The van der Waals surface area contributed by atoms with Crippen molar-refractivity contribution in [2.75, 3.05) is 13.2 Å². The fourth-order valence-corrected chi connectivity index (χ4v) is 12.5. The molecule has 26 heteroatoms. The minimum Gasteiger partial charge on any atom is -0.432 e. The highest BCUT2D eigenvalue weighted by molar-refractivity contribution is 6.02. The van der Waals surface area contributed by atoms with E-state index in [2.05, 4.69) is 67.7 Å². The molecule has 98 heavy (non-hydrogen) atoms. The summed E-state index contributed by atoms with van der Waals surface area (Å²) in [5.74, 6) is 5.67. The Bertz CT molecular complexity index is 4240. The lowest BCUT2D eigenvalue weighted by Crippen LogP contribution is -2.32. The van der Waals surface area contributed by atoms with Gasteiger partial charge in [0.05, 0.1) is 35.7 Å². The number of hydrogen-bond acceptors (Lipinski definition) is 20. The third-order valence-electron chi connectivity index (χ3n) is 17.6. The molecular formula is C72H64F4N12O10. The van der Waals surface area contributed by atoms with Gasteiger partial charge in [-0.15, -0.1) is 62.8 Å². The van der Waals surface area contributed by atoms with Crippen LogP contribution < -0.4 is 0 Å². The summed E-state index contributed by atoms with van der Waals surface area (Å²) in [5.41, 5.74) is 5.55. The van der Waals surface area contributed by atoms with Crippen LogP contribution in [0.4, 0.5) is 27.2 Å². The molecule has 0 bridgehead atoms. The largest absolute Gasteiger partial charge is 0.533 e. The van der Waals surface area contributed by atoms with Crippen molar-refractivity contribution in [1.29, 1.82) is 0 Å². The zero-order valence-electron chi connectivity index (χ0n) is 52.3. The molecule has 9 aromatic rings. The summed E-state index contributed by atoms with van der Waals surface area (Å²) in [4.78, 5) is 79.1. The van der Waals surface area contributed by atoms with Gasteiger partial charge in [-0.05, 0) is 134 Å². The van der Waals surface area contributed by atoms with Crippen molar-refractivity contribution in [1.82, 2.24) is 61.1 Å². The quantitative estimate of drug-likeness (QED) is 0.0475. The van der Waals surface area contributed by atoms with Crippen LogP contribution in [0.15, 0.2) is 158 Å². The molecule has 22 nitrogen and oxygen atoms in total. The van der Waals surface area contributed by atoms with Gasteiger partial charge in [0, 0.05) is 63.6 Å². The molecule has 0 radical (unpaired) electrons. The highest BCUT2D eigenvalue weighted by Gasteiger charge is 2.51. The van der Waals surface area contributed by atoms with Crippen molar-refractivity contribution in [3.8, 4) is 79.9 Å². The molecule has 4 unspecified atom stereocenters. The lowest BCUT2D eigenvalue weighted by molar-refractivity contribution is -0.177. The second kappa shape index (κ2) is 30.8. The average molecular weight is 1330 g/mol. The number of hydrogen-bond donors (Lipinski definition) is 0. The van der Waals surface area contributed by atoms with Gasteiger partial charge >= 0.3 is 12.3 Å². The number of imide groups is 2. The molecule has 0 spiro atoms.